The highest BCUT2D eigenvalue weighted by molar-refractivity contribution is 5.66. The zero-order valence-electron chi connectivity index (χ0n) is 7.00. The lowest BCUT2D eigenvalue weighted by molar-refractivity contribution is -0.167. The molecule has 0 spiro atoms. The molecule has 1 aliphatic carbocycles. The van der Waals surface area contributed by atoms with E-state index in [4.69, 9.17) is 9.47 Å². The van der Waals surface area contributed by atoms with E-state index in [1.165, 1.54) is 6.92 Å². The van der Waals surface area contributed by atoms with Crippen LogP contribution < -0.4 is 0 Å². The molecule has 11 heavy (non-hydrogen) atoms. The van der Waals surface area contributed by atoms with Gasteiger partial charge in [0.25, 0.3) is 0 Å². The lowest BCUT2D eigenvalue weighted by Crippen LogP contribution is -2.42. The quantitative estimate of drug-likeness (QED) is 0.577. The molecule has 0 aliphatic heterocycles. The Bertz CT molecular complexity index is 144. The van der Waals surface area contributed by atoms with Crippen molar-refractivity contribution in [2.75, 3.05) is 6.61 Å². The van der Waals surface area contributed by atoms with E-state index < -0.39 is 0 Å². The Morgan fingerprint density at radius 2 is 2.09 bits per heavy atom. The highest BCUT2D eigenvalue weighted by atomic mass is 16.6. The molecule has 0 N–H and O–H groups in total. The van der Waals surface area contributed by atoms with Crippen LogP contribution in [-0.4, -0.2) is 24.8 Å². The Morgan fingerprint density at radius 1 is 1.45 bits per heavy atom. The second kappa shape index (κ2) is 3.72. The van der Waals surface area contributed by atoms with Gasteiger partial charge in [-0.1, -0.05) is 0 Å². The molecule has 0 saturated heterocycles. The third-order valence-corrected chi connectivity index (χ3v) is 1.85. The number of carbonyl (C=O) groups is 1. The molecule has 1 fully saturated rings. The summed E-state index contributed by atoms with van der Waals surface area (Å²) < 4.78 is 10.3. The maximum Gasteiger partial charge on any atom is 0.302 e. The molecule has 1 aliphatic rings. The molecule has 0 radical (unpaired) electrons. The topological polar surface area (TPSA) is 35.5 Å². The average Bonchev–Trinajstić information content (AvgIpc) is 1.93. The molecular formula is C8H14O3. The highest BCUT2D eigenvalue weighted by Gasteiger charge is 2.33. The standard InChI is InChI=1S/C8H14O3/c1-3-10-7-4-5-8(7)11-6(2)9/h7-8H,3-5H2,1-2H3. The summed E-state index contributed by atoms with van der Waals surface area (Å²) in [6, 6.07) is 0. The van der Waals surface area contributed by atoms with Gasteiger partial charge in [-0.05, 0) is 19.8 Å². The third kappa shape index (κ3) is 2.19. The van der Waals surface area contributed by atoms with Gasteiger partial charge in [-0.15, -0.1) is 0 Å². The van der Waals surface area contributed by atoms with Crippen LogP contribution in [0.4, 0.5) is 0 Å². The molecule has 3 nitrogen and oxygen atoms in total. The van der Waals surface area contributed by atoms with Crippen molar-refractivity contribution < 1.29 is 14.3 Å². The molecule has 1 rings (SSSR count). The fourth-order valence-corrected chi connectivity index (χ4v) is 1.19. The van der Waals surface area contributed by atoms with E-state index >= 15 is 0 Å². The normalized spacial score (nSPS) is 29.3. The van der Waals surface area contributed by atoms with Crippen LogP contribution in [0.1, 0.15) is 26.7 Å². The number of rotatable bonds is 3. The maximum atomic E-state index is 10.5. The first-order valence-electron chi connectivity index (χ1n) is 4.03. The summed E-state index contributed by atoms with van der Waals surface area (Å²) in [7, 11) is 0. The van der Waals surface area contributed by atoms with E-state index in [0.717, 1.165) is 12.8 Å². The van der Waals surface area contributed by atoms with Crippen LogP contribution in [-0.2, 0) is 14.3 Å². The molecule has 0 aromatic rings. The summed E-state index contributed by atoms with van der Waals surface area (Å²) in [5.74, 6) is -0.209. The maximum absolute atomic E-state index is 10.5. The van der Waals surface area contributed by atoms with Crippen molar-refractivity contribution >= 4 is 5.97 Å². The molecule has 1 saturated carbocycles. The first-order valence-corrected chi connectivity index (χ1v) is 4.03. The van der Waals surface area contributed by atoms with Crippen molar-refractivity contribution in [3.8, 4) is 0 Å². The van der Waals surface area contributed by atoms with Gasteiger partial charge in [-0.25, -0.2) is 0 Å². The van der Waals surface area contributed by atoms with Gasteiger partial charge in [0.15, 0.2) is 0 Å². The van der Waals surface area contributed by atoms with E-state index in [9.17, 15) is 4.79 Å². The van der Waals surface area contributed by atoms with Crippen molar-refractivity contribution in [2.45, 2.75) is 38.9 Å². The lowest BCUT2D eigenvalue weighted by atomic mass is 9.92. The average molecular weight is 158 g/mol. The Morgan fingerprint density at radius 3 is 2.45 bits per heavy atom. The first kappa shape index (κ1) is 8.53. The Balaban J connectivity index is 2.20. The fraction of sp³-hybridized carbons (Fsp3) is 0.875. The Kier molecular flexibility index (Phi) is 2.88. The molecule has 64 valence electrons. The summed E-state index contributed by atoms with van der Waals surface area (Å²) in [6.07, 6.45) is 2.15. The predicted octanol–water partition coefficient (Wildman–Crippen LogP) is 1.12. The van der Waals surface area contributed by atoms with Crippen LogP contribution in [0.15, 0.2) is 0 Å². The van der Waals surface area contributed by atoms with Crippen molar-refractivity contribution in [1.82, 2.24) is 0 Å². The van der Waals surface area contributed by atoms with Crippen LogP contribution in [0.2, 0.25) is 0 Å². The van der Waals surface area contributed by atoms with Crippen LogP contribution in [0.3, 0.4) is 0 Å². The smallest absolute Gasteiger partial charge is 0.302 e. The van der Waals surface area contributed by atoms with Gasteiger partial charge >= 0.3 is 5.97 Å². The largest absolute Gasteiger partial charge is 0.460 e. The predicted molar refractivity (Wildman–Crippen MR) is 40.2 cm³/mol. The van der Waals surface area contributed by atoms with Gasteiger partial charge < -0.3 is 9.47 Å². The van der Waals surface area contributed by atoms with Gasteiger partial charge in [0, 0.05) is 13.5 Å². The van der Waals surface area contributed by atoms with E-state index in [2.05, 4.69) is 0 Å². The second-order valence-corrected chi connectivity index (χ2v) is 2.72. The molecule has 0 aromatic heterocycles. The van der Waals surface area contributed by atoms with Gasteiger partial charge in [-0.2, -0.15) is 0 Å². The summed E-state index contributed by atoms with van der Waals surface area (Å²) >= 11 is 0. The van der Waals surface area contributed by atoms with Crippen LogP contribution in [0.5, 0.6) is 0 Å². The first-order chi connectivity index (χ1) is 5.24. The van der Waals surface area contributed by atoms with Crippen molar-refractivity contribution in [3.05, 3.63) is 0 Å². The molecular weight excluding hydrogens is 144 g/mol. The number of carbonyl (C=O) groups excluding carboxylic acids is 1. The highest BCUT2D eigenvalue weighted by Crippen LogP contribution is 2.26. The number of hydrogen-bond donors (Lipinski definition) is 0. The van der Waals surface area contributed by atoms with E-state index in [1.807, 2.05) is 6.92 Å². The summed E-state index contributed by atoms with van der Waals surface area (Å²) in [5, 5.41) is 0. The Hall–Kier alpha value is -0.570. The zero-order valence-corrected chi connectivity index (χ0v) is 7.00. The van der Waals surface area contributed by atoms with Gasteiger partial charge in [-0.3, -0.25) is 4.79 Å². The van der Waals surface area contributed by atoms with E-state index in [-0.39, 0.29) is 18.2 Å². The number of esters is 1. The van der Waals surface area contributed by atoms with Crippen LogP contribution in [0.25, 0.3) is 0 Å². The number of hydrogen-bond acceptors (Lipinski definition) is 3. The third-order valence-electron chi connectivity index (χ3n) is 1.85. The van der Waals surface area contributed by atoms with Crippen LogP contribution >= 0.6 is 0 Å². The summed E-state index contributed by atoms with van der Waals surface area (Å²) in [6.45, 7) is 4.08. The summed E-state index contributed by atoms with van der Waals surface area (Å²) in [5.41, 5.74) is 0. The zero-order chi connectivity index (χ0) is 8.27. The lowest BCUT2D eigenvalue weighted by Gasteiger charge is -2.34. The fourth-order valence-electron chi connectivity index (χ4n) is 1.19. The molecule has 0 heterocycles. The van der Waals surface area contributed by atoms with Gasteiger partial charge in [0.1, 0.15) is 6.10 Å². The monoisotopic (exact) mass is 158 g/mol. The molecule has 0 aromatic carbocycles. The van der Waals surface area contributed by atoms with Crippen LogP contribution in [0, 0.1) is 0 Å². The van der Waals surface area contributed by atoms with Crippen molar-refractivity contribution in [1.29, 1.82) is 0 Å². The van der Waals surface area contributed by atoms with Gasteiger partial charge in [0.05, 0.1) is 6.10 Å². The Labute approximate surface area is 66.7 Å². The molecule has 2 atom stereocenters. The van der Waals surface area contributed by atoms with Gasteiger partial charge in [0.2, 0.25) is 0 Å². The molecule has 0 amide bonds. The molecule has 2 unspecified atom stereocenters. The van der Waals surface area contributed by atoms with Crippen molar-refractivity contribution in [3.63, 3.8) is 0 Å². The minimum absolute atomic E-state index is 0.0208. The van der Waals surface area contributed by atoms with E-state index in [1.54, 1.807) is 0 Å². The summed E-state index contributed by atoms with van der Waals surface area (Å²) in [4.78, 5) is 10.5. The minimum atomic E-state index is -0.209. The SMILES string of the molecule is CCOC1CCC1OC(C)=O. The molecule has 0 bridgehead atoms. The second-order valence-electron chi connectivity index (χ2n) is 2.72. The minimum Gasteiger partial charge on any atom is -0.460 e. The molecule has 3 heteroatoms. The van der Waals surface area contributed by atoms with Crippen molar-refractivity contribution in [2.24, 2.45) is 0 Å². The van der Waals surface area contributed by atoms with E-state index in [0.29, 0.717) is 6.61 Å². The number of ether oxygens (including phenoxy) is 2.